The largest absolute Gasteiger partial charge is 0.376 e. The van der Waals surface area contributed by atoms with Crippen LogP contribution in [0.15, 0.2) is 30.5 Å². The summed E-state index contributed by atoms with van der Waals surface area (Å²) in [7, 11) is 1.80. The Balaban J connectivity index is 1.97. The second kappa shape index (κ2) is 4.64. The van der Waals surface area contributed by atoms with Gasteiger partial charge in [-0.15, -0.1) is 0 Å². The highest BCUT2D eigenvalue weighted by atomic mass is 32.1. The van der Waals surface area contributed by atoms with Crippen molar-refractivity contribution in [1.29, 1.82) is 0 Å². The molecule has 0 unspecified atom stereocenters. The lowest BCUT2D eigenvalue weighted by atomic mass is 9.80. The Morgan fingerprint density at radius 2 is 2.19 bits per heavy atom. The van der Waals surface area contributed by atoms with Gasteiger partial charge in [-0.25, -0.2) is 0 Å². The molecule has 1 fully saturated rings. The number of nitrogens with zero attached hydrogens (tertiary/aromatic N) is 2. The molecule has 2 heterocycles. The predicted molar refractivity (Wildman–Crippen MR) is 86.0 cm³/mol. The number of benzene rings is 1. The minimum absolute atomic E-state index is 0.0578. The lowest BCUT2D eigenvalue weighted by Crippen LogP contribution is -2.43. The van der Waals surface area contributed by atoms with Gasteiger partial charge in [0.25, 0.3) is 0 Å². The molecule has 0 saturated heterocycles. The zero-order valence-electron chi connectivity index (χ0n) is 11.9. The molecule has 0 aliphatic heterocycles. The van der Waals surface area contributed by atoms with Crippen molar-refractivity contribution in [2.24, 2.45) is 0 Å². The molecule has 5 heteroatoms. The third kappa shape index (κ3) is 1.92. The van der Waals surface area contributed by atoms with Crippen molar-refractivity contribution >= 4 is 34.2 Å². The van der Waals surface area contributed by atoms with Crippen LogP contribution < -0.4 is 0 Å². The van der Waals surface area contributed by atoms with Crippen LogP contribution in [0.1, 0.15) is 19.3 Å². The number of ether oxygens (including phenoxy) is 1. The van der Waals surface area contributed by atoms with E-state index >= 15 is 0 Å². The fourth-order valence-corrected chi connectivity index (χ4v) is 3.50. The maximum atomic E-state index is 5.77. The number of methoxy groups -OCH3 is 1. The van der Waals surface area contributed by atoms with Gasteiger partial charge >= 0.3 is 0 Å². The summed E-state index contributed by atoms with van der Waals surface area (Å²) in [6.07, 6.45) is 5.29. The highest BCUT2D eigenvalue weighted by Gasteiger charge is 2.38. The number of rotatable bonds is 3. The lowest BCUT2D eigenvalue weighted by molar-refractivity contribution is -0.0830. The summed E-state index contributed by atoms with van der Waals surface area (Å²) in [5.41, 5.74) is 3.06. The number of para-hydroxylation sites is 1. The number of hydrogen-bond donors (Lipinski definition) is 1. The van der Waals surface area contributed by atoms with Crippen LogP contribution in [-0.4, -0.2) is 27.2 Å². The maximum absolute atomic E-state index is 5.77. The number of hydrogen-bond acceptors (Lipinski definition) is 3. The van der Waals surface area contributed by atoms with Gasteiger partial charge < -0.3 is 14.3 Å². The van der Waals surface area contributed by atoms with Gasteiger partial charge in [0.05, 0.1) is 34.9 Å². The van der Waals surface area contributed by atoms with E-state index in [9.17, 15) is 0 Å². The van der Waals surface area contributed by atoms with Crippen molar-refractivity contribution < 1.29 is 4.74 Å². The number of fused-ring (bicyclic) bond motifs is 3. The van der Waals surface area contributed by atoms with E-state index in [2.05, 4.69) is 20.6 Å². The van der Waals surface area contributed by atoms with E-state index < -0.39 is 0 Å². The second-order valence-electron chi connectivity index (χ2n) is 5.79. The summed E-state index contributed by atoms with van der Waals surface area (Å²) in [5, 5.41) is 1.13. The van der Waals surface area contributed by atoms with Gasteiger partial charge in [0.15, 0.2) is 4.77 Å². The van der Waals surface area contributed by atoms with Crippen molar-refractivity contribution in [3.8, 4) is 0 Å². The number of nitrogens with one attached hydrogen (secondary N) is 1. The van der Waals surface area contributed by atoms with Crippen molar-refractivity contribution in [2.75, 3.05) is 7.11 Å². The monoisotopic (exact) mass is 299 g/mol. The predicted octanol–water partition coefficient (Wildman–Crippen LogP) is 3.82. The summed E-state index contributed by atoms with van der Waals surface area (Å²) >= 11 is 5.53. The zero-order chi connectivity index (χ0) is 14.4. The molecule has 2 aromatic heterocycles. The van der Waals surface area contributed by atoms with Crippen molar-refractivity contribution in [2.45, 2.75) is 31.4 Å². The molecule has 3 aromatic rings. The lowest BCUT2D eigenvalue weighted by Gasteiger charge is -2.40. The first-order valence-electron chi connectivity index (χ1n) is 7.24. The normalized spacial score (nSPS) is 17.2. The molecule has 0 spiro atoms. The van der Waals surface area contributed by atoms with Crippen LogP contribution in [0.25, 0.3) is 21.9 Å². The van der Waals surface area contributed by atoms with Crippen LogP contribution in [0.5, 0.6) is 0 Å². The standard InChI is InChI=1S/C16H17N3OS/c1-20-16(7-4-8-16)10-19-14-11-5-2-3-6-12(11)17-9-13(14)18-15(19)21/h2-3,5-6,9H,4,7-8,10H2,1H3,(H,18,21). The molecule has 21 heavy (non-hydrogen) atoms. The Kier molecular flexibility index (Phi) is 2.87. The van der Waals surface area contributed by atoms with E-state index in [1.54, 1.807) is 7.11 Å². The van der Waals surface area contributed by atoms with Gasteiger partial charge in [-0.05, 0) is 37.5 Å². The molecule has 1 aliphatic rings. The van der Waals surface area contributed by atoms with E-state index in [1.807, 2.05) is 24.4 Å². The van der Waals surface area contributed by atoms with E-state index in [4.69, 9.17) is 17.0 Å². The van der Waals surface area contributed by atoms with E-state index in [-0.39, 0.29) is 5.60 Å². The van der Waals surface area contributed by atoms with Gasteiger partial charge in [-0.1, -0.05) is 18.2 Å². The molecule has 1 saturated carbocycles. The molecule has 4 rings (SSSR count). The zero-order valence-corrected chi connectivity index (χ0v) is 12.7. The van der Waals surface area contributed by atoms with Crippen molar-refractivity contribution in [3.05, 3.63) is 35.2 Å². The average Bonchev–Trinajstić information content (AvgIpc) is 2.79. The highest BCUT2D eigenvalue weighted by molar-refractivity contribution is 7.71. The smallest absolute Gasteiger partial charge is 0.178 e. The third-order valence-corrected chi connectivity index (χ3v) is 4.97. The van der Waals surface area contributed by atoms with Crippen LogP contribution in [0.3, 0.4) is 0 Å². The first-order chi connectivity index (χ1) is 10.2. The Labute approximate surface area is 127 Å². The Morgan fingerprint density at radius 1 is 1.38 bits per heavy atom. The minimum atomic E-state index is -0.0578. The summed E-state index contributed by atoms with van der Waals surface area (Å²) in [5.74, 6) is 0. The number of H-pyrrole nitrogens is 1. The second-order valence-corrected chi connectivity index (χ2v) is 6.18. The Morgan fingerprint density at radius 3 is 2.90 bits per heavy atom. The van der Waals surface area contributed by atoms with E-state index in [1.165, 1.54) is 6.42 Å². The SMILES string of the molecule is COC1(Cn2c(=S)[nH]c3cnc4ccccc4c32)CCC1. The molecule has 0 bridgehead atoms. The molecular formula is C16H17N3OS. The first-order valence-corrected chi connectivity index (χ1v) is 7.65. The molecule has 0 atom stereocenters. The fraction of sp³-hybridized carbons (Fsp3) is 0.375. The van der Waals surface area contributed by atoms with Crippen LogP contribution >= 0.6 is 12.2 Å². The maximum Gasteiger partial charge on any atom is 0.178 e. The van der Waals surface area contributed by atoms with Crippen LogP contribution in [-0.2, 0) is 11.3 Å². The fourth-order valence-electron chi connectivity index (χ4n) is 3.23. The number of imidazole rings is 1. The topological polar surface area (TPSA) is 42.8 Å². The van der Waals surface area contributed by atoms with Gasteiger partial charge in [-0.2, -0.15) is 0 Å². The molecule has 1 aliphatic carbocycles. The summed E-state index contributed by atoms with van der Waals surface area (Å²) in [4.78, 5) is 7.77. The third-order valence-electron chi connectivity index (χ3n) is 4.65. The first kappa shape index (κ1) is 13.0. The summed E-state index contributed by atoms with van der Waals surface area (Å²) in [6.45, 7) is 0.802. The molecule has 4 nitrogen and oxygen atoms in total. The van der Waals surface area contributed by atoms with Gasteiger partial charge in [0, 0.05) is 12.5 Å². The quantitative estimate of drug-likeness (QED) is 0.748. The van der Waals surface area contributed by atoms with E-state index in [0.29, 0.717) is 0 Å². The Bertz CT molecular complexity index is 870. The molecule has 1 aromatic carbocycles. The average molecular weight is 299 g/mol. The van der Waals surface area contributed by atoms with Crippen LogP contribution in [0.2, 0.25) is 0 Å². The number of aromatic amines is 1. The van der Waals surface area contributed by atoms with Crippen LogP contribution in [0, 0.1) is 4.77 Å². The number of pyridine rings is 1. The van der Waals surface area contributed by atoms with Crippen molar-refractivity contribution in [1.82, 2.24) is 14.5 Å². The van der Waals surface area contributed by atoms with Gasteiger partial charge in [0.2, 0.25) is 0 Å². The van der Waals surface area contributed by atoms with Gasteiger partial charge in [0.1, 0.15) is 0 Å². The summed E-state index contributed by atoms with van der Waals surface area (Å²) < 4.78 is 8.69. The van der Waals surface area contributed by atoms with Gasteiger partial charge in [-0.3, -0.25) is 4.98 Å². The van der Waals surface area contributed by atoms with E-state index in [0.717, 1.165) is 46.1 Å². The van der Waals surface area contributed by atoms with Crippen LogP contribution in [0.4, 0.5) is 0 Å². The number of aromatic nitrogens is 3. The molecule has 0 radical (unpaired) electrons. The van der Waals surface area contributed by atoms with Crippen molar-refractivity contribution in [3.63, 3.8) is 0 Å². The molecule has 108 valence electrons. The molecular weight excluding hydrogens is 282 g/mol. The highest BCUT2D eigenvalue weighted by Crippen LogP contribution is 2.37. The minimum Gasteiger partial charge on any atom is -0.376 e. The molecule has 1 N–H and O–H groups in total. The summed E-state index contributed by atoms with van der Waals surface area (Å²) in [6, 6.07) is 8.18. The molecule has 0 amide bonds. The Hall–Kier alpha value is -1.72.